The third-order valence-electron chi connectivity index (χ3n) is 5.95. The largest absolute Gasteiger partial charge is 0.383 e. The number of hydrogen-bond donors (Lipinski definition) is 1. The van der Waals surface area contributed by atoms with E-state index in [4.69, 9.17) is 33.9 Å². The highest BCUT2D eigenvalue weighted by molar-refractivity contribution is 7.19. The Morgan fingerprint density at radius 3 is 2.43 bits per heavy atom. The molecule has 2 heterocycles. The van der Waals surface area contributed by atoms with Gasteiger partial charge in [-0.15, -0.1) is 11.3 Å². The van der Waals surface area contributed by atoms with Crippen LogP contribution in [0.15, 0.2) is 42.6 Å². The molecular weight excluding hydrogens is 433 g/mol. The molecule has 0 saturated carbocycles. The Labute approximate surface area is 191 Å². The van der Waals surface area contributed by atoms with Crippen molar-refractivity contribution in [1.29, 1.82) is 0 Å². The normalized spacial score (nSPS) is 12.7. The number of aromatic nitrogens is 2. The highest BCUT2D eigenvalue weighted by atomic mass is 35.5. The van der Waals surface area contributed by atoms with Crippen molar-refractivity contribution in [3.8, 4) is 0 Å². The first kappa shape index (κ1) is 21.4. The Kier molecular flexibility index (Phi) is 5.46. The van der Waals surface area contributed by atoms with Gasteiger partial charge in [0.2, 0.25) is 0 Å². The lowest BCUT2D eigenvalue weighted by Gasteiger charge is -2.31. The van der Waals surface area contributed by atoms with Crippen molar-refractivity contribution in [2.45, 2.75) is 51.4 Å². The fourth-order valence-electron chi connectivity index (χ4n) is 3.76. The molecule has 2 aromatic carbocycles. The molecular formula is C24H25Cl2N3S. The molecule has 0 fully saturated rings. The van der Waals surface area contributed by atoms with Crippen LogP contribution < -0.4 is 5.73 Å². The quantitative estimate of drug-likeness (QED) is 0.332. The first-order chi connectivity index (χ1) is 14.1. The molecule has 2 aromatic heterocycles. The van der Waals surface area contributed by atoms with Crippen LogP contribution in [0.2, 0.25) is 10.0 Å². The highest BCUT2D eigenvalue weighted by Gasteiger charge is 2.30. The van der Waals surface area contributed by atoms with Gasteiger partial charge in [0.25, 0.3) is 0 Å². The predicted molar refractivity (Wildman–Crippen MR) is 131 cm³/mol. The first-order valence-corrected chi connectivity index (χ1v) is 11.6. The second-order valence-corrected chi connectivity index (χ2v) is 10.9. The van der Waals surface area contributed by atoms with Crippen LogP contribution in [0, 0.1) is 0 Å². The van der Waals surface area contributed by atoms with Gasteiger partial charge < -0.3 is 5.73 Å². The van der Waals surface area contributed by atoms with Gasteiger partial charge in [-0.25, -0.2) is 9.97 Å². The maximum atomic E-state index is 6.58. The summed E-state index contributed by atoms with van der Waals surface area (Å²) in [5.74, 6) is 0.470. The highest BCUT2D eigenvalue weighted by Crippen LogP contribution is 2.41. The SMILES string of the molecule is CC(C)(CCC(C)(C)c1nc2cccc(Cl)c2s1)c1cc(Cl)c2c(N)nccc2c1. The number of fused-ring (bicyclic) bond motifs is 2. The van der Waals surface area contributed by atoms with Crippen molar-refractivity contribution in [2.24, 2.45) is 0 Å². The lowest BCUT2D eigenvalue weighted by atomic mass is 9.75. The van der Waals surface area contributed by atoms with E-state index in [0.717, 1.165) is 43.9 Å². The minimum atomic E-state index is -0.0563. The van der Waals surface area contributed by atoms with Crippen LogP contribution in [0.5, 0.6) is 0 Å². The summed E-state index contributed by atoms with van der Waals surface area (Å²) in [6, 6.07) is 12.1. The summed E-state index contributed by atoms with van der Waals surface area (Å²) in [6.07, 6.45) is 3.71. The van der Waals surface area contributed by atoms with Crippen molar-refractivity contribution in [2.75, 3.05) is 5.73 Å². The summed E-state index contributed by atoms with van der Waals surface area (Å²) in [4.78, 5) is 9.04. The average molecular weight is 458 g/mol. The second-order valence-electron chi connectivity index (χ2n) is 9.13. The Balaban J connectivity index is 1.61. The van der Waals surface area contributed by atoms with Gasteiger partial charge in [0.15, 0.2) is 0 Å². The number of pyridine rings is 1. The minimum Gasteiger partial charge on any atom is -0.383 e. The number of benzene rings is 2. The zero-order chi connectivity index (χ0) is 21.7. The lowest BCUT2D eigenvalue weighted by molar-refractivity contribution is 0.374. The first-order valence-electron chi connectivity index (χ1n) is 9.98. The lowest BCUT2D eigenvalue weighted by Crippen LogP contribution is -2.24. The maximum Gasteiger partial charge on any atom is 0.132 e. The van der Waals surface area contributed by atoms with Crippen molar-refractivity contribution < 1.29 is 0 Å². The third kappa shape index (κ3) is 3.89. The number of halogens is 2. The molecule has 0 aliphatic rings. The molecule has 30 heavy (non-hydrogen) atoms. The van der Waals surface area contributed by atoms with Gasteiger partial charge in [-0.3, -0.25) is 0 Å². The Morgan fingerprint density at radius 1 is 0.967 bits per heavy atom. The zero-order valence-electron chi connectivity index (χ0n) is 17.6. The average Bonchev–Trinajstić information content (AvgIpc) is 3.13. The number of nitrogens with zero attached hydrogens (tertiary/aromatic N) is 2. The molecule has 0 spiro atoms. The number of hydrogen-bond acceptors (Lipinski definition) is 4. The fraction of sp³-hybridized carbons (Fsp3) is 0.333. The van der Waals surface area contributed by atoms with Crippen molar-refractivity contribution >= 4 is 61.3 Å². The van der Waals surface area contributed by atoms with Gasteiger partial charge in [0.1, 0.15) is 5.82 Å². The zero-order valence-corrected chi connectivity index (χ0v) is 19.9. The summed E-state index contributed by atoms with van der Waals surface area (Å²) in [5, 5.41) is 4.40. The number of nitrogens with two attached hydrogens (primary N) is 1. The van der Waals surface area contributed by atoms with E-state index < -0.39 is 0 Å². The monoisotopic (exact) mass is 457 g/mol. The van der Waals surface area contributed by atoms with E-state index in [0.29, 0.717) is 10.8 Å². The standard InChI is InChI=1S/C24H25Cl2N3S/c1-23(2,15-12-14-8-11-28-21(27)19(14)17(26)13-15)9-10-24(3,4)22-29-18-7-5-6-16(25)20(18)30-22/h5-8,11-13H,9-10H2,1-4H3,(H2,27,28). The summed E-state index contributed by atoms with van der Waals surface area (Å²) >= 11 is 14.6. The number of rotatable bonds is 5. The maximum absolute atomic E-state index is 6.58. The smallest absolute Gasteiger partial charge is 0.132 e. The van der Waals surface area contributed by atoms with Gasteiger partial charge in [-0.05, 0) is 53.5 Å². The topological polar surface area (TPSA) is 51.8 Å². The van der Waals surface area contributed by atoms with Gasteiger partial charge in [-0.2, -0.15) is 0 Å². The van der Waals surface area contributed by atoms with E-state index in [2.05, 4.69) is 38.7 Å². The van der Waals surface area contributed by atoms with E-state index in [9.17, 15) is 0 Å². The number of anilines is 1. The van der Waals surface area contributed by atoms with Crippen LogP contribution in [0.4, 0.5) is 5.82 Å². The molecule has 0 aliphatic heterocycles. The van der Waals surface area contributed by atoms with E-state index in [1.54, 1.807) is 17.5 Å². The molecule has 2 N–H and O–H groups in total. The predicted octanol–water partition coefficient (Wildman–Crippen LogP) is 7.77. The summed E-state index contributed by atoms with van der Waals surface area (Å²) < 4.78 is 1.06. The molecule has 4 aromatic rings. The third-order valence-corrected chi connectivity index (χ3v) is 8.14. The molecule has 0 saturated heterocycles. The minimum absolute atomic E-state index is 0.0541. The van der Waals surface area contributed by atoms with Crippen molar-refractivity contribution in [1.82, 2.24) is 9.97 Å². The van der Waals surface area contributed by atoms with Gasteiger partial charge >= 0.3 is 0 Å². The van der Waals surface area contributed by atoms with Crippen LogP contribution in [0.25, 0.3) is 21.0 Å². The van der Waals surface area contributed by atoms with E-state index in [1.807, 2.05) is 30.3 Å². The summed E-state index contributed by atoms with van der Waals surface area (Å²) in [5.41, 5.74) is 8.09. The molecule has 0 atom stereocenters. The molecule has 156 valence electrons. The van der Waals surface area contributed by atoms with Crippen molar-refractivity contribution in [3.05, 3.63) is 63.2 Å². The van der Waals surface area contributed by atoms with Crippen LogP contribution >= 0.6 is 34.5 Å². The summed E-state index contributed by atoms with van der Waals surface area (Å²) in [7, 11) is 0. The van der Waals surface area contributed by atoms with Gasteiger partial charge in [-0.1, -0.05) is 63.0 Å². The number of thiazole rings is 1. The Bertz CT molecular complexity index is 1240. The van der Waals surface area contributed by atoms with Crippen LogP contribution in [-0.4, -0.2) is 9.97 Å². The number of nitrogen functional groups attached to an aromatic ring is 1. The van der Waals surface area contributed by atoms with E-state index >= 15 is 0 Å². The Hall–Kier alpha value is -1.88. The molecule has 0 amide bonds. The van der Waals surface area contributed by atoms with E-state index in [1.165, 1.54) is 5.56 Å². The van der Waals surface area contributed by atoms with Crippen LogP contribution in [0.1, 0.15) is 51.1 Å². The van der Waals surface area contributed by atoms with Gasteiger partial charge in [0, 0.05) is 17.0 Å². The molecule has 0 unspecified atom stereocenters. The second kappa shape index (κ2) is 7.67. The molecule has 0 radical (unpaired) electrons. The Morgan fingerprint density at radius 2 is 1.70 bits per heavy atom. The molecule has 4 rings (SSSR count). The molecule has 0 aliphatic carbocycles. The molecule has 6 heteroatoms. The van der Waals surface area contributed by atoms with E-state index in [-0.39, 0.29) is 10.8 Å². The van der Waals surface area contributed by atoms with Gasteiger partial charge in [0.05, 0.1) is 25.3 Å². The summed E-state index contributed by atoms with van der Waals surface area (Å²) in [6.45, 7) is 9.05. The molecule has 0 bridgehead atoms. The van der Waals surface area contributed by atoms with Crippen LogP contribution in [0.3, 0.4) is 0 Å². The fourth-order valence-corrected chi connectivity index (χ4v) is 5.47. The van der Waals surface area contributed by atoms with Crippen molar-refractivity contribution in [3.63, 3.8) is 0 Å². The molecule has 3 nitrogen and oxygen atoms in total. The van der Waals surface area contributed by atoms with Crippen LogP contribution in [-0.2, 0) is 10.8 Å².